The number of hydrogen-bond acceptors (Lipinski definition) is 7. The lowest BCUT2D eigenvalue weighted by Gasteiger charge is -2.29. The van der Waals surface area contributed by atoms with E-state index in [0.717, 1.165) is 25.7 Å². The van der Waals surface area contributed by atoms with Crippen molar-refractivity contribution in [3.8, 4) is 5.75 Å². The smallest absolute Gasteiger partial charge is 0.265 e. The monoisotopic (exact) mass is 440 g/mol. The summed E-state index contributed by atoms with van der Waals surface area (Å²) in [4.78, 5) is 17.9. The normalized spacial score (nSPS) is 18.3. The van der Waals surface area contributed by atoms with Crippen molar-refractivity contribution in [3.05, 3.63) is 28.9 Å². The number of sulfonamides is 1. The summed E-state index contributed by atoms with van der Waals surface area (Å²) in [5, 5.41) is 3.85. The number of rotatable bonds is 4. The van der Waals surface area contributed by atoms with Crippen molar-refractivity contribution in [2.75, 3.05) is 24.6 Å². The molecule has 1 saturated heterocycles. The number of halogens is 1. The second-order valence-electron chi connectivity index (χ2n) is 7.07. The predicted molar refractivity (Wildman–Crippen MR) is 104 cm³/mol. The minimum atomic E-state index is -3.76. The molecule has 0 bridgehead atoms. The van der Waals surface area contributed by atoms with Gasteiger partial charge in [0.05, 0.1) is 17.3 Å². The van der Waals surface area contributed by atoms with Gasteiger partial charge in [-0.2, -0.15) is 9.29 Å². The van der Waals surface area contributed by atoms with Crippen molar-refractivity contribution in [2.45, 2.75) is 44.0 Å². The molecule has 2 aliphatic rings. The van der Waals surface area contributed by atoms with Gasteiger partial charge in [-0.25, -0.2) is 8.42 Å². The van der Waals surface area contributed by atoms with Crippen LogP contribution in [0, 0.1) is 6.92 Å². The Balaban J connectivity index is 1.69. The quantitative estimate of drug-likeness (QED) is 0.719. The SMILES string of the molecule is Cc1nc(CN2C(=O)COc3cc(S(=O)(=O)N4CCCCCC4)c(Cl)cc32)no1. The van der Waals surface area contributed by atoms with Crippen molar-refractivity contribution in [1.29, 1.82) is 0 Å². The molecule has 0 unspecified atom stereocenters. The molecule has 29 heavy (non-hydrogen) atoms. The number of hydrogen-bond donors (Lipinski definition) is 0. The number of aromatic nitrogens is 2. The fourth-order valence-electron chi connectivity index (χ4n) is 3.54. The molecule has 0 radical (unpaired) electrons. The Hall–Kier alpha value is -2.17. The first-order valence-corrected chi connectivity index (χ1v) is 11.2. The zero-order valence-electron chi connectivity index (χ0n) is 15.9. The second kappa shape index (κ2) is 7.92. The minimum Gasteiger partial charge on any atom is -0.482 e. The molecule has 0 spiro atoms. The van der Waals surface area contributed by atoms with E-state index in [0.29, 0.717) is 30.5 Å². The number of ether oxygens (including phenoxy) is 1. The third-order valence-electron chi connectivity index (χ3n) is 5.01. The molecule has 1 aromatic carbocycles. The average molecular weight is 441 g/mol. The summed E-state index contributed by atoms with van der Waals surface area (Å²) < 4.78 is 38.3. The minimum absolute atomic E-state index is 0.00970. The van der Waals surface area contributed by atoms with Gasteiger partial charge in [0, 0.05) is 26.1 Å². The van der Waals surface area contributed by atoms with Crippen molar-refractivity contribution in [1.82, 2.24) is 14.4 Å². The van der Waals surface area contributed by atoms with E-state index >= 15 is 0 Å². The van der Waals surface area contributed by atoms with Crippen LogP contribution in [-0.2, 0) is 21.4 Å². The van der Waals surface area contributed by atoms with Crippen molar-refractivity contribution in [3.63, 3.8) is 0 Å². The second-order valence-corrected chi connectivity index (χ2v) is 9.38. The van der Waals surface area contributed by atoms with Crippen LogP contribution in [0.25, 0.3) is 0 Å². The van der Waals surface area contributed by atoms with E-state index in [1.165, 1.54) is 21.3 Å². The maximum absolute atomic E-state index is 13.2. The maximum Gasteiger partial charge on any atom is 0.265 e. The van der Waals surface area contributed by atoms with E-state index in [4.69, 9.17) is 20.9 Å². The van der Waals surface area contributed by atoms with E-state index in [1.807, 2.05) is 0 Å². The number of anilines is 1. The lowest BCUT2D eigenvalue weighted by atomic mass is 10.2. The van der Waals surface area contributed by atoms with Gasteiger partial charge in [-0.15, -0.1) is 0 Å². The highest BCUT2D eigenvalue weighted by atomic mass is 35.5. The summed E-state index contributed by atoms with van der Waals surface area (Å²) in [6, 6.07) is 2.85. The van der Waals surface area contributed by atoms with Gasteiger partial charge in [-0.3, -0.25) is 9.69 Å². The highest BCUT2D eigenvalue weighted by Gasteiger charge is 2.33. The zero-order valence-corrected chi connectivity index (χ0v) is 17.5. The highest BCUT2D eigenvalue weighted by Crippen LogP contribution is 2.40. The molecule has 11 heteroatoms. The average Bonchev–Trinajstić information content (AvgIpc) is 2.92. The predicted octanol–water partition coefficient (Wildman–Crippen LogP) is 2.52. The summed E-state index contributed by atoms with van der Waals surface area (Å²) in [5.41, 5.74) is 0.378. The van der Waals surface area contributed by atoms with Gasteiger partial charge in [0.1, 0.15) is 10.6 Å². The zero-order chi connectivity index (χ0) is 20.6. The number of amides is 1. The van der Waals surface area contributed by atoms with Crippen molar-refractivity contribution < 1.29 is 22.5 Å². The molecule has 1 fully saturated rings. The fourth-order valence-corrected chi connectivity index (χ4v) is 5.57. The van der Waals surface area contributed by atoms with Crippen LogP contribution < -0.4 is 9.64 Å². The summed E-state index contributed by atoms with van der Waals surface area (Å²) in [5.74, 6) is 0.695. The van der Waals surface area contributed by atoms with Gasteiger partial charge in [0.15, 0.2) is 12.4 Å². The van der Waals surface area contributed by atoms with Crippen LogP contribution in [0.5, 0.6) is 5.75 Å². The van der Waals surface area contributed by atoms with E-state index in [1.54, 1.807) is 6.92 Å². The molecule has 1 aromatic heterocycles. The van der Waals surface area contributed by atoms with Crippen LogP contribution in [-0.4, -0.2) is 48.5 Å². The van der Waals surface area contributed by atoms with Gasteiger partial charge in [-0.1, -0.05) is 29.6 Å². The maximum atomic E-state index is 13.2. The first-order valence-electron chi connectivity index (χ1n) is 9.42. The van der Waals surface area contributed by atoms with E-state index < -0.39 is 10.0 Å². The van der Waals surface area contributed by atoms with Crippen LogP contribution in [0.3, 0.4) is 0 Å². The lowest BCUT2D eigenvalue weighted by molar-refractivity contribution is -0.121. The molecule has 2 aromatic rings. The number of carbonyl (C=O) groups excluding carboxylic acids is 1. The highest BCUT2D eigenvalue weighted by molar-refractivity contribution is 7.89. The van der Waals surface area contributed by atoms with Crippen molar-refractivity contribution >= 4 is 33.2 Å². The van der Waals surface area contributed by atoms with Gasteiger partial charge >= 0.3 is 0 Å². The number of carbonyl (C=O) groups is 1. The largest absolute Gasteiger partial charge is 0.482 e. The molecule has 0 saturated carbocycles. The molecular formula is C18H21ClN4O5S. The molecule has 0 N–H and O–H groups in total. The molecule has 156 valence electrons. The standard InChI is InChI=1S/C18H21ClN4O5S/c1-12-20-17(21-28-12)10-23-14-8-13(19)16(9-15(14)27-11-18(23)24)29(25,26)22-6-4-2-3-5-7-22/h8-9H,2-7,10-11H2,1H3. The number of fused-ring (bicyclic) bond motifs is 1. The Bertz CT molecular complexity index is 1030. The summed E-state index contributed by atoms with van der Waals surface area (Å²) in [6.07, 6.45) is 3.68. The first-order chi connectivity index (χ1) is 13.9. The topological polar surface area (TPSA) is 106 Å². The van der Waals surface area contributed by atoms with Crippen molar-refractivity contribution in [2.24, 2.45) is 0 Å². The molecule has 0 aliphatic carbocycles. The molecule has 4 rings (SSSR count). The molecular weight excluding hydrogens is 420 g/mol. The number of benzene rings is 1. The lowest BCUT2D eigenvalue weighted by Crippen LogP contribution is -2.39. The van der Waals surface area contributed by atoms with Gasteiger partial charge in [0.2, 0.25) is 15.9 Å². The Morgan fingerprint density at radius 1 is 1.17 bits per heavy atom. The van der Waals surface area contributed by atoms with Crippen LogP contribution in [0.2, 0.25) is 5.02 Å². The first kappa shape index (κ1) is 20.1. The Morgan fingerprint density at radius 2 is 1.90 bits per heavy atom. The third-order valence-corrected chi connectivity index (χ3v) is 7.37. The van der Waals surface area contributed by atoms with Crippen LogP contribution in [0.15, 0.2) is 21.6 Å². The summed E-state index contributed by atoms with van der Waals surface area (Å²) >= 11 is 6.38. The Kier molecular flexibility index (Phi) is 5.50. The summed E-state index contributed by atoms with van der Waals surface area (Å²) in [7, 11) is -3.76. The number of nitrogens with zero attached hydrogens (tertiary/aromatic N) is 4. The third kappa shape index (κ3) is 3.96. The van der Waals surface area contributed by atoms with E-state index in [9.17, 15) is 13.2 Å². The van der Waals surface area contributed by atoms with Crippen LogP contribution in [0.4, 0.5) is 5.69 Å². The number of aryl methyl sites for hydroxylation is 1. The molecule has 1 amide bonds. The molecule has 0 atom stereocenters. The fraction of sp³-hybridized carbons (Fsp3) is 0.500. The van der Waals surface area contributed by atoms with Gasteiger partial charge in [0.25, 0.3) is 5.91 Å². The molecule has 9 nitrogen and oxygen atoms in total. The van der Waals surface area contributed by atoms with Crippen LogP contribution >= 0.6 is 11.6 Å². The molecule has 2 aliphatic heterocycles. The van der Waals surface area contributed by atoms with Crippen LogP contribution in [0.1, 0.15) is 37.4 Å². The van der Waals surface area contributed by atoms with E-state index in [2.05, 4.69) is 10.1 Å². The van der Waals surface area contributed by atoms with Gasteiger partial charge in [-0.05, 0) is 18.9 Å². The summed E-state index contributed by atoms with van der Waals surface area (Å²) in [6.45, 7) is 2.45. The Labute approximate surface area is 173 Å². The van der Waals surface area contributed by atoms with Gasteiger partial charge < -0.3 is 9.26 Å². The Morgan fingerprint density at radius 3 is 2.55 bits per heavy atom. The molecule has 3 heterocycles. The van der Waals surface area contributed by atoms with E-state index in [-0.39, 0.29) is 34.7 Å².